The van der Waals surface area contributed by atoms with E-state index in [9.17, 15) is 4.79 Å². The van der Waals surface area contributed by atoms with Crippen molar-refractivity contribution in [1.82, 2.24) is 5.32 Å². The van der Waals surface area contributed by atoms with Gasteiger partial charge in [0.05, 0.1) is 8.48 Å². The zero-order chi connectivity index (χ0) is 22.7. The Bertz CT molecular complexity index is 865. The molecule has 1 atom stereocenters. The zero-order valence-electron chi connectivity index (χ0n) is 20.2. The molecule has 1 amide bonds. The van der Waals surface area contributed by atoms with Crippen LogP contribution in [0.2, 0.25) is 0 Å². The third-order valence-corrected chi connectivity index (χ3v) is 3.62. The molecule has 0 aliphatic heterocycles. The predicted molar refractivity (Wildman–Crippen MR) is 93.9 cm³/mol. The van der Waals surface area contributed by atoms with Crippen molar-refractivity contribution in [2.45, 2.75) is 39.0 Å². The van der Waals surface area contributed by atoms with Crippen molar-refractivity contribution in [3.63, 3.8) is 0 Å². The fourth-order valence-corrected chi connectivity index (χ4v) is 2.59. The largest absolute Gasteiger partial charge is 0.496 e. The van der Waals surface area contributed by atoms with Gasteiger partial charge in [-0.1, -0.05) is 48.0 Å². The first-order chi connectivity index (χ1) is 13.8. The lowest BCUT2D eigenvalue weighted by Crippen LogP contribution is -2.31. The van der Waals surface area contributed by atoms with Crippen molar-refractivity contribution >= 4 is 5.91 Å². The fourth-order valence-electron chi connectivity index (χ4n) is 2.59. The number of carbonyl (C=O) groups is 1. The molecular formula is C20H25NO2. The highest BCUT2D eigenvalue weighted by Crippen LogP contribution is 2.35. The number of ether oxygens (including phenoxy) is 1. The number of aryl methyl sites for hydroxylation is 1. The van der Waals surface area contributed by atoms with Crippen LogP contribution in [0.4, 0.5) is 0 Å². The molecule has 1 N–H and O–H groups in total. The highest BCUT2D eigenvalue weighted by molar-refractivity contribution is 5.78. The summed E-state index contributed by atoms with van der Waals surface area (Å²) in [4.78, 5) is 12.8. The van der Waals surface area contributed by atoms with Crippen molar-refractivity contribution in [3.05, 3.63) is 65.2 Å². The summed E-state index contributed by atoms with van der Waals surface area (Å²) in [5.41, 5.74) is 2.42. The molecule has 0 bridgehead atoms. The second-order valence-corrected chi connectivity index (χ2v) is 5.34. The minimum atomic E-state index is -3.24. The van der Waals surface area contributed by atoms with Gasteiger partial charge in [0.2, 0.25) is 5.91 Å². The van der Waals surface area contributed by atoms with Gasteiger partial charge in [-0.3, -0.25) is 4.79 Å². The molecule has 0 fully saturated rings. The van der Waals surface area contributed by atoms with E-state index < -0.39 is 31.5 Å². The number of methoxy groups -OCH3 is 1. The van der Waals surface area contributed by atoms with Crippen LogP contribution in [0.3, 0.4) is 0 Å². The Labute approximate surface area is 148 Å². The van der Waals surface area contributed by atoms with Crippen LogP contribution >= 0.6 is 0 Å². The summed E-state index contributed by atoms with van der Waals surface area (Å²) in [5, 5.41) is 1.96. The zero-order valence-corrected chi connectivity index (χ0v) is 13.2. The number of nitrogens with one attached hydrogen (secondary N) is 1. The van der Waals surface area contributed by atoms with Crippen molar-refractivity contribution in [2.75, 3.05) is 7.11 Å². The summed E-state index contributed by atoms with van der Waals surface area (Å²) in [6.07, 6.45) is -0.253. The number of hydrogen-bond acceptors (Lipinski definition) is 2. The third kappa shape index (κ3) is 4.59. The van der Waals surface area contributed by atoms with E-state index in [1.54, 1.807) is 6.07 Å². The van der Waals surface area contributed by atoms with E-state index in [0.29, 0.717) is 11.3 Å². The molecule has 2 aromatic carbocycles. The lowest BCUT2D eigenvalue weighted by Gasteiger charge is -2.21. The lowest BCUT2D eigenvalue weighted by atomic mass is 9.87. The van der Waals surface area contributed by atoms with Gasteiger partial charge in [0, 0.05) is 32.1 Å². The summed E-state index contributed by atoms with van der Waals surface area (Å²) in [6.45, 7) is -4.59. The fraction of sp³-hybridized carbons (Fsp3) is 0.350. The molecule has 0 saturated carbocycles. The summed E-state index contributed by atoms with van der Waals surface area (Å²) >= 11 is 0. The average molecular weight is 318 g/mol. The molecular weight excluding hydrogens is 286 g/mol. The molecule has 0 heterocycles. The second kappa shape index (κ2) is 7.82. The van der Waals surface area contributed by atoms with Crippen LogP contribution < -0.4 is 10.1 Å². The average Bonchev–Trinajstić information content (AvgIpc) is 2.65. The Balaban J connectivity index is 2.45. The van der Waals surface area contributed by atoms with E-state index in [0.717, 1.165) is 11.1 Å². The molecule has 2 aromatic rings. The predicted octanol–water partition coefficient (Wildman–Crippen LogP) is 4.05. The van der Waals surface area contributed by atoms with Crippen molar-refractivity contribution in [3.8, 4) is 5.75 Å². The van der Waals surface area contributed by atoms with Crippen LogP contribution in [0.1, 0.15) is 52.3 Å². The van der Waals surface area contributed by atoms with Gasteiger partial charge >= 0.3 is 0 Å². The molecule has 2 rings (SSSR count). The van der Waals surface area contributed by atoms with Crippen molar-refractivity contribution in [1.29, 1.82) is 0 Å². The number of amides is 1. The first-order valence-electron chi connectivity index (χ1n) is 10.8. The normalized spacial score (nSPS) is 18.1. The van der Waals surface area contributed by atoms with Gasteiger partial charge in [-0.15, -0.1) is 0 Å². The Hall–Kier alpha value is -2.29. The number of rotatable bonds is 6. The molecule has 122 valence electrons. The van der Waals surface area contributed by atoms with Gasteiger partial charge in [0.25, 0.3) is 0 Å². The van der Waals surface area contributed by atoms with Gasteiger partial charge in [0.1, 0.15) is 5.75 Å². The summed E-state index contributed by atoms with van der Waals surface area (Å²) < 4.78 is 58.4. The molecule has 3 heteroatoms. The number of benzene rings is 2. The Morgan fingerprint density at radius 2 is 2.00 bits per heavy atom. The number of carbonyl (C=O) groups excluding carboxylic acids is 1. The van der Waals surface area contributed by atoms with Crippen LogP contribution in [-0.4, -0.2) is 19.0 Å². The Morgan fingerprint density at radius 3 is 2.65 bits per heavy atom. The third-order valence-electron chi connectivity index (χ3n) is 3.62. The SMILES string of the molecule is [2H]C([2H])([2H])C([2H])(NC(=O)CC(c1ccccc1)c1cc(C)ccc1OC)C([2H])([2H])[2H]. The van der Waals surface area contributed by atoms with E-state index in [-0.39, 0.29) is 6.42 Å². The van der Waals surface area contributed by atoms with Crippen molar-refractivity contribution in [2.24, 2.45) is 0 Å². The van der Waals surface area contributed by atoms with Crippen LogP contribution in [0.25, 0.3) is 0 Å². The summed E-state index contributed by atoms with van der Waals surface area (Å²) in [7, 11) is 1.51. The molecule has 0 spiro atoms. The smallest absolute Gasteiger partial charge is 0.221 e. The van der Waals surface area contributed by atoms with E-state index in [1.165, 1.54) is 7.11 Å². The first kappa shape index (κ1) is 9.76. The number of hydrogen-bond donors (Lipinski definition) is 1. The maximum absolute atomic E-state index is 12.8. The molecule has 0 saturated heterocycles. The minimum Gasteiger partial charge on any atom is -0.496 e. The Kier molecular flexibility index (Phi) is 3.32. The van der Waals surface area contributed by atoms with Gasteiger partial charge in [0.15, 0.2) is 0 Å². The van der Waals surface area contributed by atoms with Gasteiger partial charge in [-0.25, -0.2) is 0 Å². The Morgan fingerprint density at radius 1 is 1.26 bits per heavy atom. The van der Waals surface area contributed by atoms with E-state index in [2.05, 4.69) is 0 Å². The van der Waals surface area contributed by atoms with Crippen molar-refractivity contribution < 1.29 is 19.1 Å². The van der Waals surface area contributed by atoms with E-state index >= 15 is 0 Å². The highest BCUT2D eigenvalue weighted by atomic mass is 16.5. The lowest BCUT2D eigenvalue weighted by molar-refractivity contribution is -0.121. The highest BCUT2D eigenvalue weighted by Gasteiger charge is 2.22. The van der Waals surface area contributed by atoms with Crippen LogP contribution in [0, 0.1) is 6.92 Å². The molecule has 0 radical (unpaired) electrons. The summed E-state index contributed by atoms with van der Waals surface area (Å²) in [5.74, 6) is -0.834. The maximum Gasteiger partial charge on any atom is 0.221 e. The minimum absolute atomic E-state index is 0.253. The quantitative estimate of drug-likeness (QED) is 0.872. The summed E-state index contributed by atoms with van der Waals surface area (Å²) in [6, 6.07) is 11.5. The van der Waals surface area contributed by atoms with Gasteiger partial charge in [-0.2, -0.15) is 0 Å². The van der Waals surface area contributed by atoms with Crippen LogP contribution in [-0.2, 0) is 4.79 Å². The monoisotopic (exact) mass is 318 g/mol. The molecule has 23 heavy (non-hydrogen) atoms. The molecule has 3 nitrogen and oxygen atoms in total. The topological polar surface area (TPSA) is 38.3 Å². The van der Waals surface area contributed by atoms with Gasteiger partial charge < -0.3 is 10.1 Å². The van der Waals surface area contributed by atoms with Gasteiger partial charge in [-0.05, 0) is 32.3 Å². The van der Waals surface area contributed by atoms with E-state index in [1.807, 2.05) is 54.7 Å². The molecule has 1 unspecified atom stereocenters. The molecule has 0 aromatic heterocycles. The first-order valence-corrected chi connectivity index (χ1v) is 7.30. The second-order valence-electron chi connectivity index (χ2n) is 5.34. The standard InChI is InChI=1S/C20H25NO2/c1-14(2)21-20(22)13-17(16-8-6-5-7-9-16)18-12-15(3)10-11-19(18)23-4/h5-12,14,17H,13H2,1-4H3,(H,21,22)/i1D3,2D3,14D. The van der Waals surface area contributed by atoms with Crippen LogP contribution in [0.5, 0.6) is 5.75 Å². The molecule has 0 aliphatic rings. The van der Waals surface area contributed by atoms with E-state index in [4.69, 9.17) is 14.3 Å². The van der Waals surface area contributed by atoms with Crippen LogP contribution in [0.15, 0.2) is 48.5 Å². The molecule has 0 aliphatic carbocycles. The maximum atomic E-state index is 12.8.